The first-order chi connectivity index (χ1) is 12.0. The molecular weight excluding hydrogens is 332 g/mol. The largest absolute Gasteiger partial charge is 0.444 e. The third kappa shape index (κ3) is 3.45. The van der Waals surface area contributed by atoms with Crippen molar-refractivity contribution >= 4 is 12.0 Å². The van der Waals surface area contributed by atoms with Crippen LogP contribution in [-0.4, -0.2) is 50.8 Å². The van der Waals surface area contributed by atoms with Crippen LogP contribution in [0.1, 0.15) is 79.6 Å². The maximum Gasteiger partial charge on any atom is 0.411 e. The molecule has 148 valence electrons. The maximum absolute atomic E-state index is 13.0. The van der Waals surface area contributed by atoms with E-state index in [1.54, 1.807) is 0 Å². The average Bonchev–Trinajstić information content (AvgIpc) is 2.97. The fourth-order valence-corrected chi connectivity index (χ4v) is 4.82. The number of ether oxygens (including phenoxy) is 1. The van der Waals surface area contributed by atoms with Gasteiger partial charge in [0, 0.05) is 18.9 Å². The van der Waals surface area contributed by atoms with Crippen molar-refractivity contribution in [2.45, 2.75) is 108 Å². The van der Waals surface area contributed by atoms with Gasteiger partial charge in [-0.15, -0.1) is 0 Å². The van der Waals surface area contributed by atoms with E-state index in [1.165, 1.54) is 11.3 Å². The SMILES string of the molecule is CCC1CCCC(NC(=O)[C@@H]2C[C@]3(O)C[C@@]3(C)N2C(=O)OC(C)(C)C)C1. The quantitative estimate of drug-likeness (QED) is 0.805. The number of hydrogen-bond donors (Lipinski definition) is 2. The van der Waals surface area contributed by atoms with Gasteiger partial charge in [0.25, 0.3) is 0 Å². The molecule has 0 aromatic carbocycles. The van der Waals surface area contributed by atoms with E-state index in [2.05, 4.69) is 12.2 Å². The summed E-state index contributed by atoms with van der Waals surface area (Å²) in [6, 6.07) is -0.489. The van der Waals surface area contributed by atoms with Crippen molar-refractivity contribution in [2.24, 2.45) is 5.92 Å². The summed E-state index contributed by atoms with van der Waals surface area (Å²) in [5.74, 6) is 0.508. The lowest BCUT2D eigenvalue weighted by molar-refractivity contribution is -0.127. The van der Waals surface area contributed by atoms with E-state index >= 15 is 0 Å². The van der Waals surface area contributed by atoms with E-state index in [4.69, 9.17) is 4.74 Å². The number of fused-ring (bicyclic) bond motifs is 1. The average molecular weight is 367 g/mol. The second-order valence-electron chi connectivity index (χ2n) is 9.70. The molecule has 2 aliphatic carbocycles. The van der Waals surface area contributed by atoms with Gasteiger partial charge in [0.05, 0.1) is 11.1 Å². The number of likely N-dealkylation sites (tertiary alicyclic amines) is 1. The molecule has 6 heteroatoms. The second kappa shape index (κ2) is 6.39. The van der Waals surface area contributed by atoms with E-state index in [-0.39, 0.29) is 11.9 Å². The Labute approximate surface area is 156 Å². The standard InChI is InChI=1S/C20H34N2O4/c1-6-13-8-7-9-14(10-13)21-16(23)15-11-20(25)12-19(20,5)22(15)17(24)26-18(2,3)4/h13-15,25H,6-12H2,1-5H3,(H,21,23)/t13?,14?,15-,19+,20-/m0/s1. The lowest BCUT2D eigenvalue weighted by Gasteiger charge is -2.35. The summed E-state index contributed by atoms with van der Waals surface area (Å²) >= 11 is 0. The topological polar surface area (TPSA) is 78.9 Å². The van der Waals surface area contributed by atoms with Crippen molar-refractivity contribution in [1.82, 2.24) is 10.2 Å². The van der Waals surface area contributed by atoms with Crippen LogP contribution < -0.4 is 5.32 Å². The maximum atomic E-state index is 13.0. The lowest BCUT2D eigenvalue weighted by Crippen LogP contribution is -2.54. The third-order valence-corrected chi connectivity index (χ3v) is 6.49. The number of carbonyl (C=O) groups excluding carboxylic acids is 2. The van der Waals surface area contributed by atoms with Crippen LogP contribution in [0.3, 0.4) is 0 Å². The fourth-order valence-electron chi connectivity index (χ4n) is 4.82. The molecule has 0 radical (unpaired) electrons. The Morgan fingerprint density at radius 2 is 2.00 bits per heavy atom. The highest BCUT2D eigenvalue weighted by atomic mass is 16.6. The molecule has 0 aromatic rings. The zero-order chi connectivity index (χ0) is 19.3. The Hall–Kier alpha value is -1.30. The highest BCUT2D eigenvalue weighted by Gasteiger charge is 2.76. The zero-order valence-corrected chi connectivity index (χ0v) is 16.8. The molecule has 3 fully saturated rings. The van der Waals surface area contributed by atoms with Gasteiger partial charge >= 0.3 is 6.09 Å². The van der Waals surface area contributed by atoms with Gasteiger partial charge in [0.2, 0.25) is 5.91 Å². The molecule has 1 aliphatic heterocycles. The summed E-state index contributed by atoms with van der Waals surface area (Å²) in [4.78, 5) is 27.2. The molecule has 1 heterocycles. The predicted octanol–water partition coefficient (Wildman–Crippen LogP) is 2.97. The summed E-state index contributed by atoms with van der Waals surface area (Å²) in [5.41, 5.74) is -2.30. The Morgan fingerprint density at radius 1 is 1.31 bits per heavy atom. The number of carbonyl (C=O) groups is 2. The Bertz CT molecular complexity index is 587. The van der Waals surface area contributed by atoms with Crippen LogP contribution in [0.25, 0.3) is 0 Å². The van der Waals surface area contributed by atoms with E-state index < -0.39 is 28.9 Å². The summed E-state index contributed by atoms with van der Waals surface area (Å²) in [5, 5.41) is 13.9. The second-order valence-corrected chi connectivity index (χ2v) is 9.70. The van der Waals surface area contributed by atoms with Crippen LogP contribution in [0.4, 0.5) is 4.79 Å². The van der Waals surface area contributed by atoms with Crippen molar-refractivity contribution in [2.75, 3.05) is 0 Å². The molecule has 0 aromatic heterocycles. The third-order valence-electron chi connectivity index (χ3n) is 6.49. The predicted molar refractivity (Wildman–Crippen MR) is 98.6 cm³/mol. The molecule has 26 heavy (non-hydrogen) atoms. The fraction of sp³-hybridized carbons (Fsp3) is 0.900. The van der Waals surface area contributed by atoms with E-state index in [9.17, 15) is 14.7 Å². The molecule has 1 saturated heterocycles. The van der Waals surface area contributed by atoms with E-state index in [0.717, 1.165) is 25.7 Å². The van der Waals surface area contributed by atoms with Gasteiger partial charge in [-0.25, -0.2) is 4.79 Å². The van der Waals surface area contributed by atoms with Crippen LogP contribution in [0, 0.1) is 5.92 Å². The molecule has 2 unspecified atom stereocenters. The monoisotopic (exact) mass is 366 g/mol. The lowest BCUT2D eigenvalue weighted by atomic mass is 9.84. The molecule has 0 bridgehead atoms. The van der Waals surface area contributed by atoms with Crippen LogP contribution in [0.2, 0.25) is 0 Å². The first-order valence-electron chi connectivity index (χ1n) is 10.0. The van der Waals surface area contributed by atoms with E-state index in [0.29, 0.717) is 18.8 Å². The first kappa shape index (κ1) is 19.5. The highest BCUT2D eigenvalue weighted by Crippen LogP contribution is 2.61. The molecule has 2 N–H and O–H groups in total. The Kier molecular flexibility index (Phi) is 4.79. The van der Waals surface area contributed by atoms with Gasteiger partial charge in [-0.3, -0.25) is 9.69 Å². The van der Waals surface area contributed by atoms with Gasteiger partial charge in [-0.05, 0) is 46.5 Å². The molecular formula is C20H34N2O4. The number of nitrogens with one attached hydrogen (secondary N) is 1. The molecule has 6 nitrogen and oxygen atoms in total. The Balaban J connectivity index is 1.71. The van der Waals surface area contributed by atoms with Gasteiger partial charge < -0.3 is 15.2 Å². The van der Waals surface area contributed by atoms with Crippen LogP contribution in [0.15, 0.2) is 0 Å². The number of aliphatic hydroxyl groups is 1. The number of nitrogens with zero attached hydrogens (tertiary/aromatic N) is 1. The van der Waals surface area contributed by atoms with Gasteiger partial charge in [0.15, 0.2) is 0 Å². The van der Waals surface area contributed by atoms with Gasteiger partial charge in [-0.1, -0.05) is 26.2 Å². The van der Waals surface area contributed by atoms with Crippen molar-refractivity contribution in [3.05, 3.63) is 0 Å². The minimum absolute atomic E-state index is 0.153. The Morgan fingerprint density at radius 3 is 2.62 bits per heavy atom. The molecule has 2 amide bonds. The van der Waals surface area contributed by atoms with Crippen LogP contribution >= 0.6 is 0 Å². The van der Waals surface area contributed by atoms with Gasteiger partial charge in [-0.2, -0.15) is 0 Å². The zero-order valence-electron chi connectivity index (χ0n) is 16.8. The van der Waals surface area contributed by atoms with Crippen LogP contribution in [0.5, 0.6) is 0 Å². The van der Waals surface area contributed by atoms with Crippen molar-refractivity contribution in [1.29, 1.82) is 0 Å². The van der Waals surface area contributed by atoms with Gasteiger partial charge in [0.1, 0.15) is 11.6 Å². The summed E-state index contributed by atoms with van der Waals surface area (Å²) < 4.78 is 5.53. The molecule has 5 atom stereocenters. The number of hydrogen-bond acceptors (Lipinski definition) is 4. The number of piperidine rings is 1. The smallest absolute Gasteiger partial charge is 0.411 e. The summed E-state index contributed by atoms with van der Waals surface area (Å²) in [6.45, 7) is 9.47. The minimum atomic E-state index is -0.968. The number of rotatable bonds is 3. The molecule has 0 spiro atoms. The molecule has 3 aliphatic rings. The minimum Gasteiger partial charge on any atom is -0.444 e. The van der Waals surface area contributed by atoms with Crippen molar-refractivity contribution in [3.8, 4) is 0 Å². The first-order valence-corrected chi connectivity index (χ1v) is 10.0. The van der Waals surface area contributed by atoms with Crippen molar-refractivity contribution in [3.63, 3.8) is 0 Å². The molecule has 2 saturated carbocycles. The summed E-state index contributed by atoms with van der Waals surface area (Å²) in [7, 11) is 0. The summed E-state index contributed by atoms with van der Waals surface area (Å²) in [6.07, 6.45) is 5.77. The number of amides is 2. The van der Waals surface area contributed by atoms with Crippen molar-refractivity contribution < 1.29 is 19.4 Å². The molecule has 3 rings (SSSR count). The normalized spacial score (nSPS) is 39.3. The highest BCUT2D eigenvalue weighted by molar-refractivity contribution is 5.88. The van der Waals surface area contributed by atoms with Crippen LogP contribution in [-0.2, 0) is 9.53 Å². The van der Waals surface area contributed by atoms with E-state index in [1.807, 2.05) is 27.7 Å².